The maximum atomic E-state index is 13.2. The summed E-state index contributed by atoms with van der Waals surface area (Å²) in [5.41, 5.74) is 0. The minimum atomic E-state index is -0.637. The van der Waals surface area contributed by atoms with Gasteiger partial charge in [-0.3, -0.25) is 0 Å². The van der Waals surface area contributed by atoms with E-state index in [1.165, 1.54) is 31.0 Å². The van der Waals surface area contributed by atoms with Gasteiger partial charge in [0, 0.05) is 6.04 Å². The number of ether oxygens (including phenoxy) is 1. The number of hydrogen-bond donors (Lipinski definition) is 1. The largest absolute Gasteiger partial charge is 0.488 e. The molecule has 1 atom stereocenters. The fourth-order valence-corrected chi connectivity index (χ4v) is 2.09. The Morgan fingerprint density at radius 3 is 2.65 bits per heavy atom. The number of benzene rings is 1. The van der Waals surface area contributed by atoms with Gasteiger partial charge in [0.15, 0.2) is 17.4 Å². The van der Waals surface area contributed by atoms with Crippen LogP contribution in [0.4, 0.5) is 8.78 Å². The van der Waals surface area contributed by atoms with Crippen LogP contribution in [-0.2, 0) is 0 Å². The number of rotatable bonds is 4. The van der Waals surface area contributed by atoms with E-state index in [2.05, 4.69) is 5.32 Å². The molecule has 1 aromatic rings. The van der Waals surface area contributed by atoms with Crippen LogP contribution in [0.5, 0.6) is 5.75 Å². The standard InChI is InChI=1S/C13H17F2NO/c14-11-5-3-6-12(15)13(11)17-9-7-10-4-1-2-8-16-10/h3,5-6,10,16H,1-2,4,7-9H2. The van der Waals surface area contributed by atoms with Crippen LogP contribution in [-0.4, -0.2) is 19.2 Å². The smallest absolute Gasteiger partial charge is 0.190 e. The van der Waals surface area contributed by atoms with Gasteiger partial charge >= 0.3 is 0 Å². The third kappa shape index (κ3) is 3.40. The van der Waals surface area contributed by atoms with Crippen LogP contribution < -0.4 is 10.1 Å². The molecule has 0 aromatic heterocycles. The molecule has 1 N–H and O–H groups in total. The molecule has 1 fully saturated rings. The summed E-state index contributed by atoms with van der Waals surface area (Å²) in [6.45, 7) is 1.37. The van der Waals surface area contributed by atoms with Crippen molar-refractivity contribution >= 4 is 0 Å². The Morgan fingerprint density at radius 2 is 2.00 bits per heavy atom. The minimum Gasteiger partial charge on any atom is -0.488 e. The van der Waals surface area contributed by atoms with Crippen molar-refractivity contribution in [3.63, 3.8) is 0 Å². The van der Waals surface area contributed by atoms with Gasteiger partial charge in [0.05, 0.1) is 6.61 Å². The number of nitrogens with one attached hydrogen (secondary N) is 1. The molecule has 1 heterocycles. The van der Waals surface area contributed by atoms with Crippen molar-refractivity contribution in [1.82, 2.24) is 5.32 Å². The Bertz CT molecular complexity index is 344. The van der Waals surface area contributed by atoms with Crippen LogP contribution in [0.1, 0.15) is 25.7 Å². The van der Waals surface area contributed by atoms with E-state index >= 15 is 0 Å². The van der Waals surface area contributed by atoms with Gasteiger partial charge in [-0.05, 0) is 37.9 Å². The molecule has 0 amide bonds. The predicted octanol–water partition coefficient (Wildman–Crippen LogP) is 2.88. The lowest BCUT2D eigenvalue weighted by molar-refractivity contribution is 0.249. The summed E-state index contributed by atoms with van der Waals surface area (Å²) in [5.74, 6) is -1.54. The molecule has 0 spiro atoms. The highest BCUT2D eigenvalue weighted by Crippen LogP contribution is 2.21. The fourth-order valence-electron chi connectivity index (χ4n) is 2.09. The Morgan fingerprint density at radius 1 is 1.24 bits per heavy atom. The maximum Gasteiger partial charge on any atom is 0.190 e. The Hall–Kier alpha value is -1.16. The molecule has 1 saturated heterocycles. The van der Waals surface area contributed by atoms with Crippen molar-refractivity contribution in [2.24, 2.45) is 0 Å². The van der Waals surface area contributed by atoms with E-state index < -0.39 is 11.6 Å². The second kappa shape index (κ2) is 5.96. The average Bonchev–Trinajstić information content (AvgIpc) is 2.34. The van der Waals surface area contributed by atoms with Crippen molar-refractivity contribution in [2.45, 2.75) is 31.7 Å². The molecule has 1 unspecified atom stereocenters. The van der Waals surface area contributed by atoms with Crippen LogP contribution >= 0.6 is 0 Å². The number of piperidine rings is 1. The molecule has 1 aliphatic rings. The highest BCUT2D eigenvalue weighted by atomic mass is 19.1. The quantitative estimate of drug-likeness (QED) is 0.875. The van der Waals surface area contributed by atoms with Crippen molar-refractivity contribution in [1.29, 1.82) is 0 Å². The fraction of sp³-hybridized carbons (Fsp3) is 0.538. The SMILES string of the molecule is Fc1cccc(F)c1OCCC1CCCCN1. The Balaban J connectivity index is 1.81. The van der Waals surface area contributed by atoms with Crippen molar-refractivity contribution in [3.8, 4) is 5.75 Å². The molecule has 17 heavy (non-hydrogen) atoms. The Kier molecular flexibility index (Phi) is 4.31. The lowest BCUT2D eigenvalue weighted by Crippen LogP contribution is -2.35. The first-order valence-corrected chi connectivity index (χ1v) is 6.07. The van der Waals surface area contributed by atoms with Crippen molar-refractivity contribution in [2.75, 3.05) is 13.2 Å². The second-order valence-electron chi connectivity index (χ2n) is 4.33. The molecule has 1 aliphatic heterocycles. The molecule has 0 saturated carbocycles. The van der Waals surface area contributed by atoms with Crippen LogP contribution in [0, 0.1) is 11.6 Å². The normalized spacial score (nSPS) is 20.2. The monoisotopic (exact) mass is 241 g/mol. The first-order chi connectivity index (χ1) is 8.27. The van der Waals surface area contributed by atoms with Gasteiger partial charge in [-0.2, -0.15) is 0 Å². The van der Waals surface area contributed by atoms with Gasteiger partial charge in [0.2, 0.25) is 0 Å². The predicted molar refractivity (Wildman–Crippen MR) is 62.1 cm³/mol. The second-order valence-corrected chi connectivity index (χ2v) is 4.33. The summed E-state index contributed by atoms with van der Waals surface area (Å²) in [6.07, 6.45) is 4.32. The van der Waals surface area contributed by atoms with E-state index in [9.17, 15) is 8.78 Å². The van der Waals surface area contributed by atoms with Crippen molar-refractivity contribution < 1.29 is 13.5 Å². The van der Waals surface area contributed by atoms with E-state index in [1.807, 2.05) is 0 Å². The molecule has 94 valence electrons. The summed E-state index contributed by atoms with van der Waals surface area (Å²) in [6, 6.07) is 4.16. The van der Waals surface area contributed by atoms with Crippen LogP contribution in [0.2, 0.25) is 0 Å². The molecule has 0 radical (unpaired) electrons. The average molecular weight is 241 g/mol. The van der Waals surface area contributed by atoms with Gasteiger partial charge in [-0.15, -0.1) is 0 Å². The first kappa shape index (κ1) is 12.3. The van der Waals surface area contributed by atoms with Gasteiger partial charge in [0.25, 0.3) is 0 Å². The van der Waals surface area contributed by atoms with Crippen LogP contribution in [0.3, 0.4) is 0 Å². The Labute approximate surface area is 100.0 Å². The van der Waals surface area contributed by atoms with Crippen LogP contribution in [0.25, 0.3) is 0 Å². The van der Waals surface area contributed by atoms with Gasteiger partial charge in [-0.1, -0.05) is 12.5 Å². The zero-order valence-electron chi connectivity index (χ0n) is 9.72. The molecule has 4 heteroatoms. The highest BCUT2D eigenvalue weighted by Gasteiger charge is 2.14. The third-order valence-corrected chi connectivity index (χ3v) is 3.04. The summed E-state index contributed by atoms with van der Waals surface area (Å²) in [4.78, 5) is 0. The summed E-state index contributed by atoms with van der Waals surface area (Å²) in [7, 11) is 0. The van der Waals surface area contributed by atoms with E-state index in [0.717, 1.165) is 19.4 Å². The maximum absolute atomic E-state index is 13.2. The van der Waals surface area contributed by atoms with Gasteiger partial charge in [0.1, 0.15) is 0 Å². The van der Waals surface area contributed by atoms with E-state index in [-0.39, 0.29) is 5.75 Å². The summed E-state index contributed by atoms with van der Waals surface area (Å²) >= 11 is 0. The lowest BCUT2D eigenvalue weighted by atomic mass is 10.0. The number of hydrogen-bond acceptors (Lipinski definition) is 2. The summed E-state index contributed by atoms with van der Waals surface area (Å²) < 4.78 is 31.7. The minimum absolute atomic E-state index is 0.261. The summed E-state index contributed by atoms with van der Waals surface area (Å²) in [5, 5.41) is 3.37. The number of halogens is 2. The molecular formula is C13H17F2NO. The van der Waals surface area contributed by atoms with Gasteiger partial charge < -0.3 is 10.1 Å². The highest BCUT2D eigenvalue weighted by molar-refractivity contribution is 5.25. The topological polar surface area (TPSA) is 21.3 Å². The molecule has 0 aliphatic carbocycles. The van der Waals surface area contributed by atoms with Crippen LogP contribution in [0.15, 0.2) is 18.2 Å². The molecule has 0 bridgehead atoms. The van der Waals surface area contributed by atoms with E-state index in [4.69, 9.17) is 4.74 Å². The number of para-hydroxylation sites is 1. The molecule has 1 aromatic carbocycles. The van der Waals surface area contributed by atoms with E-state index in [1.54, 1.807) is 0 Å². The zero-order valence-corrected chi connectivity index (χ0v) is 9.72. The zero-order chi connectivity index (χ0) is 12.1. The first-order valence-electron chi connectivity index (χ1n) is 6.07. The molecule has 2 rings (SSSR count). The lowest BCUT2D eigenvalue weighted by Gasteiger charge is -2.23. The molecular weight excluding hydrogens is 224 g/mol. The van der Waals surface area contributed by atoms with Gasteiger partial charge in [-0.25, -0.2) is 8.78 Å². The van der Waals surface area contributed by atoms with E-state index in [0.29, 0.717) is 12.6 Å². The van der Waals surface area contributed by atoms with Crippen molar-refractivity contribution in [3.05, 3.63) is 29.8 Å². The molecule has 2 nitrogen and oxygen atoms in total. The third-order valence-electron chi connectivity index (χ3n) is 3.04.